The van der Waals surface area contributed by atoms with E-state index < -0.39 is 5.97 Å². The number of aliphatic carboxylic acids is 1. The second-order valence-corrected chi connectivity index (χ2v) is 3.91. The number of carboxylic acids is 1. The van der Waals surface area contributed by atoms with E-state index >= 15 is 0 Å². The molecule has 4 nitrogen and oxygen atoms in total. The number of piperidine rings is 1. The van der Waals surface area contributed by atoms with Gasteiger partial charge in [-0.25, -0.2) is 0 Å². The summed E-state index contributed by atoms with van der Waals surface area (Å²) in [5.74, 6) is -0.497. The van der Waals surface area contributed by atoms with Crippen molar-refractivity contribution >= 4 is 5.97 Å². The Morgan fingerprint density at radius 1 is 1.54 bits per heavy atom. The van der Waals surface area contributed by atoms with Gasteiger partial charge in [0.05, 0.1) is 12.5 Å². The summed E-state index contributed by atoms with van der Waals surface area (Å²) >= 11 is 0. The summed E-state index contributed by atoms with van der Waals surface area (Å²) in [7, 11) is 0. The Morgan fingerprint density at radius 2 is 2.38 bits per heavy atom. The SMILES string of the molecule is O=C(O)[C@H]1CN[C@H]2CCOC[C@H]2C1. The molecular formula is C9H15NO3. The average molecular weight is 185 g/mol. The van der Waals surface area contributed by atoms with Gasteiger partial charge in [-0.05, 0) is 18.8 Å². The summed E-state index contributed by atoms with van der Waals surface area (Å²) in [6.07, 6.45) is 1.80. The van der Waals surface area contributed by atoms with Crippen molar-refractivity contribution in [1.82, 2.24) is 5.32 Å². The molecule has 0 bridgehead atoms. The van der Waals surface area contributed by atoms with E-state index in [0.717, 1.165) is 26.1 Å². The lowest BCUT2D eigenvalue weighted by Gasteiger charge is -2.38. The molecule has 3 atom stereocenters. The minimum absolute atomic E-state index is 0.219. The molecule has 2 rings (SSSR count). The molecule has 2 saturated heterocycles. The third kappa shape index (κ3) is 1.84. The molecular weight excluding hydrogens is 170 g/mol. The fourth-order valence-electron chi connectivity index (χ4n) is 2.23. The Labute approximate surface area is 77.3 Å². The number of hydrogen-bond donors (Lipinski definition) is 2. The molecule has 0 amide bonds. The molecule has 2 aliphatic rings. The monoisotopic (exact) mass is 185 g/mol. The quantitative estimate of drug-likeness (QED) is 0.607. The van der Waals surface area contributed by atoms with Crippen LogP contribution in [0.25, 0.3) is 0 Å². The van der Waals surface area contributed by atoms with Crippen molar-refractivity contribution in [3.05, 3.63) is 0 Å². The lowest BCUT2D eigenvalue weighted by molar-refractivity contribution is -0.144. The molecule has 0 unspecified atom stereocenters. The zero-order chi connectivity index (χ0) is 9.26. The van der Waals surface area contributed by atoms with Crippen LogP contribution in [-0.4, -0.2) is 36.9 Å². The fourth-order valence-corrected chi connectivity index (χ4v) is 2.23. The van der Waals surface area contributed by atoms with Crippen molar-refractivity contribution in [1.29, 1.82) is 0 Å². The van der Waals surface area contributed by atoms with Gasteiger partial charge in [-0.15, -0.1) is 0 Å². The molecule has 0 radical (unpaired) electrons. The first-order valence-electron chi connectivity index (χ1n) is 4.81. The van der Waals surface area contributed by atoms with Crippen molar-refractivity contribution < 1.29 is 14.6 Å². The van der Waals surface area contributed by atoms with Gasteiger partial charge in [0.2, 0.25) is 0 Å². The Balaban J connectivity index is 1.95. The molecule has 0 aromatic rings. The Kier molecular flexibility index (Phi) is 2.51. The molecule has 0 spiro atoms. The number of carboxylic acid groups (broad SMARTS) is 1. The first kappa shape index (κ1) is 8.97. The molecule has 74 valence electrons. The molecule has 4 heteroatoms. The topological polar surface area (TPSA) is 58.6 Å². The fraction of sp³-hybridized carbons (Fsp3) is 0.889. The predicted molar refractivity (Wildman–Crippen MR) is 46.5 cm³/mol. The summed E-state index contributed by atoms with van der Waals surface area (Å²) in [6.45, 7) is 2.16. The second kappa shape index (κ2) is 3.64. The van der Waals surface area contributed by atoms with Gasteiger partial charge in [-0.3, -0.25) is 4.79 Å². The number of fused-ring (bicyclic) bond motifs is 1. The van der Waals surface area contributed by atoms with E-state index in [1.54, 1.807) is 0 Å². The maximum Gasteiger partial charge on any atom is 0.307 e. The van der Waals surface area contributed by atoms with Crippen LogP contribution in [0.2, 0.25) is 0 Å². The van der Waals surface area contributed by atoms with Crippen LogP contribution in [-0.2, 0) is 9.53 Å². The third-order valence-corrected chi connectivity index (χ3v) is 3.04. The molecule has 2 N–H and O–H groups in total. The van der Waals surface area contributed by atoms with E-state index in [4.69, 9.17) is 9.84 Å². The predicted octanol–water partition coefficient (Wildman–Crippen LogP) is 0.0856. The van der Waals surface area contributed by atoms with Crippen molar-refractivity contribution in [3.8, 4) is 0 Å². The lowest BCUT2D eigenvalue weighted by atomic mass is 9.83. The first-order valence-corrected chi connectivity index (χ1v) is 4.81. The zero-order valence-corrected chi connectivity index (χ0v) is 7.53. The highest BCUT2D eigenvalue weighted by Crippen LogP contribution is 2.26. The Bertz CT molecular complexity index is 207. The van der Waals surface area contributed by atoms with Gasteiger partial charge in [-0.1, -0.05) is 0 Å². The summed E-state index contributed by atoms with van der Waals surface area (Å²) in [4.78, 5) is 10.7. The minimum Gasteiger partial charge on any atom is -0.481 e. The van der Waals surface area contributed by atoms with Gasteiger partial charge in [0.25, 0.3) is 0 Å². The first-order chi connectivity index (χ1) is 6.27. The van der Waals surface area contributed by atoms with Crippen molar-refractivity contribution in [2.75, 3.05) is 19.8 Å². The van der Waals surface area contributed by atoms with Gasteiger partial charge in [0.15, 0.2) is 0 Å². The minimum atomic E-state index is -0.684. The van der Waals surface area contributed by atoms with Crippen LogP contribution in [0.4, 0.5) is 0 Å². The molecule has 0 aromatic heterocycles. The maximum atomic E-state index is 10.7. The lowest BCUT2D eigenvalue weighted by Crippen LogP contribution is -2.51. The van der Waals surface area contributed by atoms with Crippen LogP contribution in [0, 0.1) is 11.8 Å². The summed E-state index contributed by atoms with van der Waals surface area (Å²) < 4.78 is 5.33. The summed E-state index contributed by atoms with van der Waals surface area (Å²) in [6, 6.07) is 0.490. The normalized spacial score (nSPS) is 39.5. The van der Waals surface area contributed by atoms with Crippen LogP contribution in [0.5, 0.6) is 0 Å². The van der Waals surface area contributed by atoms with Gasteiger partial charge in [0, 0.05) is 19.2 Å². The van der Waals surface area contributed by atoms with E-state index in [-0.39, 0.29) is 5.92 Å². The smallest absolute Gasteiger partial charge is 0.307 e. The highest BCUT2D eigenvalue weighted by molar-refractivity contribution is 5.70. The number of carbonyl (C=O) groups is 1. The van der Waals surface area contributed by atoms with Gasteiger partial charge in [0.1, 0.15) is 0 Å². The molecule has 0 saturated carbocycles. The summed E-state index contributed by atoms with van der Waals surface area (Å²) in [5, 5.41) is 12.1. The van der Waals surface area contributed by atoms with Crippen LogP contribution < -0.4 is 5.32 Å². The number of hydrogen-bond acceptors (Lipinski definition) is 3. The summed E-state index contributed by atoms with van der Waals surface area (Å²) in [5.41, 5.74) is 0. The average Bonchev–Trinajstić information content (AvgIpc) is 2.17. The van der Waals surface area contributed by atoms with E-state index in [1.807, 2.05) is 0 Å². The Hall–Kier alpha value is -0.610. The van der Waals surface area contributed by atoms with Crippen molar-refractivity contribution in [2.45, 2.75) is 18.9 Å². The molecule has 2 heterocycles. The second-order valence-electron chi connectivity index (χ2n) is 3.91. The third-order valence-electron chi connectivity index (χ3n) is 3.04. The zero-order valence-electron chi connectivity index (χ0n) is 7.53. The van der Waals surface area contributed by atoms with E-state index in [9.17, 15) is 4.79 Å². The van der Waals surface area contributed by atoms with Gasteiger partial charge in [-0.2, -0.15) is 0 Å². The molecule has 13 heavy (non-hydrogen) atoms. The maximum absolute atomic E-state index is 10.7. The molecule has 0 aromatic carbocycles. The van der Waals surface area contributed by atoms with Crippen molar-refractivity contribution in [3.63, 3.8) is 0 Å². The molecule has 2 fully saturated rings. The number of rotatable bonds is 1. The van der Waals surface area contributed by atoms with Crippen LogP contribution >= 0.6 is 0 Å². The van der Waals surface area contributed by atoms with Gasteiger partial charge < -0.3 is 15.2 Å². The standard InChI is InChI=1S/C9H15NO3/c11-9(12)6-3-7-5-13-2-1-8(7)10-4-6/h6-8,10H,1-5H2,(H,11,12)/t6-,7-,8+/m1/s1. The highest BCUT2D eigenvalue weighted by Gasteiger charge is 2.35. The van der Waals surface area contributed by atoms with E-state index in [1.165, 1.54) is 0 Å². The van der Waals surface area contributed by atoms with Crippen LogP contribution in [0.3, 0.4) is 0 Å². The van der Waals surface area contributed by atoms with Gasteiger partial charge >= 0.3 is 5.97 Å². The van der Waals surface area contributed by atoms with E-state index in [2.05, 4.69) is 5.32 Å². The van der Waals surface area contributed by atoms with E-state index in [0.29, 0.717) is 18.5 Å². The Morgan fingerprint density at radius 3 is 3.15 bits per heavy atom. The highest BCUT2D eigenvalue weighted by atomic mass is 16.5. The van der Waals surface area contributed by atoms with Crippen molar-refractivity contribution in [2.24, 2.45) is 11.8 Å². The number of ether oxygens (including phenoxy) is 1. The number of nitrogens with one attached hydrogen (secondary N) is 1. The van der Waals surface area contributed by atoms with Crippen LogP contribution in [0.15, 0.2) is 0 Å². The largest absolute Gasteiger partial charge is 0.481 e. The molecule has 0 aliphatic carbocycles. The molecule has 2 aliphatic heterocycles. The van der Waals surface area contributed by atoms with Crippen LogP contribution in [0.1, 0.15) is 12.8 Å².